The molecule has 0 saturated heterocycles. The van der Waals surface area contributed by atoms with Crippen LogP contribution in [0.25, 0.3) is 33.1 Å². The molecular weight excluding hydrogens is 415 g/mol. The largest absolute Gasteiger partial charge is 0.417 e. The predicted molar refractivity (Wildman–Crippen MR) is 119 cm³/mol. The zero-order valence-electron chi connectivity index (χ0n) is 17.1. The van der Waals surface area contributed by atoms with Gasteiger partial charge in [0.2, 0.25) is 0 Å². The van der Waals surface area contributed by atoms with Crippen molar-refractivity contribution in [2.45, 2.75) is 19.6 Å². The fourth-order valence-electron chi connectivity index (χ4n) is 3.86. The summed E-state index contributed by atoms with van der Waals surface area (Å²) in [4.78, 5) is 8.58. The average Bonchev–Trinajstić information content (AvgIpc) is 3.16. The molecule has 0 saturated carbocycles. The van der Waals surface area contributed by atoms with Crippen LogP contribution in [0.4, 0.5) is 24.7 Å². The second-order valence-electron chi connectivity index (χ2n) is 7.30. The monoisotopic (exact) mass is 433 g/mol. The molecule has 0 spiro atoms. The molecule has 0 unspecified atom stereocenters. The molecule has 0 fully saturated rings. The number of halogens is 3. The van der Waals surface area contributed by atoms with Crippen molar-refractivity contribution in [3.05, 3.63) is 78.6 Å². The third-order valence-corrected chi connectivity index (χ3v) is 5.33. The fourth-order valence-corrected chi connectivity index (χ4v) is 3.86. The van der Waals surface area contributed by atoms with Gasteiger partial charge in [-0.05, 0) is 37.3 Å². The lowest BCUT2D eigenvalue weighted by Crippen LogP contribution is -2.07. The molecule has 5 nitrogen and oxygen atoms in total. The summed E-state index contributed by atoms with van der Waals surface area (Å²) in [6.45, 7) is 2.69. The molecule has 0 atom stereocenters. The van der Waals surface area contributed by atoms with Crippen molar-refractivity contribution in [2.75, 3.05) is 5.32 Å². The Morgan fingerprint density at radius 3 is 2.56 bits per heavy atom. The van der Waals surface area contributed by atoms with Crippen molar-refractivity contribution in [1.82, 2.24) is 19.7 Å². The predicted octanol–water partition coefficient (Wildman–Crippen LogP) is 6.43. The highest BCUT2D eigenvalue weighted by Gasteiger charge is 2.33. The maximum absolute atomic E-state index is 13.6. The third-order valence-electron chi connectivity index (χ3n) is 5.33. The summed E-state index contributed by atoms with van der Waals surface area (Å²) in [5.74, 6) is 0.627. The number of alkyl halides is 3. The van der Waals surface area contributed by atoms with Crippen LogP contribution in [-0.2, 0) is 12.7 Å². The number of hydrogen-bond acceptors (Lipinski definition) is 4. The van der Waals surface area contributed by atoms with Crippen LogP contribution in [0.2, 0.25) is 0 Å². The Hall–Kier alpha value is -3.94. The molecule has 0 aliphatic carbocycles. The number of rotatable bonds is 4. The smallest absolute Gasteiger partial charge is 0.338 e. The van der Waals surface area contributed by atoms with Gasteiger partial charge in [0.15, 0.2) is 5.82 Å². The van der Waals surface area contributed by atoms with Gasteiger partial charge in [0.05, 0.1) is 34.2 Å². The van der Waals surface area contributed by atoms with Gasteiger partial charge in [0.1, 0.15) is 0 Å². The minimum absolute atomic E-state index is 0.0118. The van der Waals surface area contributed by atoms with Gasteiger partial charge in [-0.2, -0.15) is 18.3 Å². The lowest BCUT2D eigenvalue weighted by Gasteiger charge is -2.15. The van der Waals surface area contributed by atoms with Gasteiger partial charge in [-0.15, -0.1) is 0 Å². The molecule has 32 heavy (non-hydrogen) atoms. The number of hydrogen-bond donors (Lipinski definition) is 1. The summed E-state index contributed by atoms with van der Waals surface area (Å²) in [6, 6.07) is 16.7. The van der Waals surface area contributed by atoms with Crippen LogP contribution >= 0.6 is 0 Å². The Bertz CT molecular complexity index is 1440. The SMILES string of the molecule is CCn1nc(Nc2cc(-c3ccccc3C(F)(F)F)nc3cnccc23)c2ccccc21. The van der Waals surface area contributed by atoms with E-state index in [1.165, 1.54) is 12.1 Å². The van der Waals surface area contributed by atoms with Crippen LogP contribution in [0, 0.1) is 0 Å². The van der Waals surface area contributed by atoms with Crippen molar-refractivity contribution in [3.63, 3.8) is 0 Å². The average molecular weight is 433 g/mol. The van der Waals surface area contributed by atoms with Crippen molar-refractivity contribution in [2.24, 2.45) is 0 Å². The molecule has 0 aliphatic rings. The summed E-state index contributed by atoms with van der Waals surface area (Å²) in [5, 5.41) is 9.65. The van der Waals surface area contributed by atoms with E-state index in [9.17, 15) is 13.2 Å². The molecule has 0 radical (unpaired) electrons. The number of benzene rings is 2. The number of nitrogens with zero attached hydrogens (tertiary/aromatic N) is 4. The first-order chi connectivity index (χ1) is 15.5. The third kappa shape index (κ3) is 3.43. The zero-order chi connectivity index (χ0) is 22.3. The topological polar surface area (TPSA) is 55.6 Å². The summed E-state index contributed by atoms with van der Waals surface area (Å²) in [5.41, 5.74) is 1.56. The van der Waals surface area contributed by atoms with Crippen LogP contribution < -0.4 is 5.32 Å². The van der Waals surface area contributed by atoms with E-state index < -0.39 is 11.7 Å². The number of anilines is 2. The highest BCUT2D eigenvalue weighted by atomic mass is 19.4. The molecule has 0 amide bonds. The van der Waals surface area contributed by atoms with Crippen LogP contribution in [-0.4, -0.2) is 19.7 Å². The maximum Gasteiger partial charge on any atom is 0.417 e. The summed E-state index contributed by atoms with van der Waals surface area (Å²) in [7, 11) is 0. The first kappa shape index (κ1) is 20.0. The fraction of sp³-hybridized carbons (Fsp3) is 0.125. The van der Waals surface area contributed by atoms with E-state index in [4.69, 9.17) is 0 Å². The number of aryl methyl sites for hydroxylation is 1. The zero-order valence-corrected chi connectivity index (χ0v) is 17.1. The van der Waals surface area contributed by atoms with E-state index in [-0.39, 0.29) is 11.3 Å². The Kier molecular flexibility index (Phi) is 4.77. The second kappa shape index (κ2) is 7.64. The van der Waals surface area contributed by atoms with Gasteiger partial charge in [0, 0.05) is 29.1 Å². The molecular formula is C24H18F3N5. The van der Waals surface area contributed by atoms with E-state index in [1.807, 2.05) is 35.9 Å². The number of fused-ring (bicyclic) bond motifs is 2. The molecule has 2 aromatic carbocycles. The van der Waals surface area contributed by atoms with E-state index in [0.29, 0.717) is 23.6 Å². The van der Waals surface area contributed by atoms with E-state index >= 15 is 0 Å². The van der Waals surface area contributed by atoms with Crippen molar-refractivity contribution in [1.29, 1.82) is 0 Å². The van der Waals surface area contributed by atoms with Gasteiger partial charge >= 0.3 is 6.18 Å². The Morgan fingerprint density at radius 2 is 1.75 bits per heavy atom. The van der Waals surface area contributed by atoms with E-state index in [1.54, 1.807) is 30.6 Å². The normalized spacial score (nSPS) is 11.9. The van der Waals surface area contributed by atoms with Gasteiger partial charge in [0.25, 0.3) is 0 Å². The van der Waals surface area contributed by atoms with Gasteiger partial charge in [-0.1, -0.05) is 30.3 Å². The molecule has 0 bridgehead atoms. The van der Waals surface area contributed by atoms with Crippen molar-refractivity contribution < 1.29 is 13.2 Å². The summed E-state index contributed by atoms with van der Waals surface area (Å²) >= 11 is 0. The molecule has 5 aromatic rings. The van der Waals surface area contributed by atoms with E-state index in [0.717, 1.165) is 22.4 Å². The number of para-hydroxylation sites is 1. The quantitative estimate of drug-likeness (QED) is 0.355. The minimum atomic E-state index is -4.49. The lowest BCUT2D eigenvalue weighted by atomic mass is 10.0. The standard InChI is InChI=1S/C24H18F3N5/c1-2-32-22-10-6-4-8-17(22)23(31-32)30-20-13-19(29-21-14-28-12-11-16(20)21)15-7-3-5-9-18(15)24(25,26)27/h3-14H,2H2,1H3,(H,29,30,31). The van der Waals surface area contributed by atoms with Gasteiger partial charge in [-0.3, -0.25) is 9.67 Å². The van der Waals surface area contributed by atoms with Crippen LogP contribution in [0.15, 0.2) is 73.1 Å². The van der Waals surface area contributed by atoms with Crippen LogP contribution in [0.1, 0.15) is 12.5 Å². The van der Waals surface area contributed by atoms with Gasteiger partial charge in [-0.25, -0.2) is 4.98 Å². The summed E-state index contributed by atoms with van der Waals surface area (Å²) < 4.78 is 42.8. The molecule has 3 heterocycles. The van der Waals surface area contributed by atoms with Crippen LogP contribution in [0.5, 0.6) is 0 Å². The highest BCUT2D eigenvalue weighted by Crippen LogP contribution is 2.38. The second-order valence-corrected chi connectivity index (χ2v) is 7.30. The lowest BCUT2D eigenvalue weighted by molar-refractivity contribution is -0.137. The Morgan fingerprint density at radius 1 is 0.969 bits per heavy atom. The van der Waals surface area contributed by atoms with Gasteiger partial charge < -0.3 is 5.32 Å². The highest BCUT2D eigenvalue weighted by molar-refractivity contribution is 5.99. The Balaban J connectivity index is 1.71. The Labute approximate surface area is 181 Å². The molecule has 0 aliphatic heterocycles. The number of nitrogens with one attached hydrogen (secondary N) is 1. The minimum Gasteiger partial charge on any atom is -0.338 e. The number of aromatic nitrogens is 4. The first-order valence-electron chi connectivity index (χ1n) is 10.1. The molecule has 5 rings (SSSR count). The molecule has 8 heteroatoms. The maximum atomic E-state index is 13.6. The molecule has 160 valence electrons. The van der Waals surface area contributed by atoms with Crippen molar-refractivity contribution in [3.8, 4) is 11.3 Å². The summed E-state index contributed by atoms with van der Waals surface area (Å²) in [6.07, 6.45) is -1.32. The first-order valence-corrected chi connectivity index (χ1v) is 10.1. The van der Waals surface area contributed by atoms with Crippen LogP contribution in [0.3, 0.4) is 0 Å². The molecule has 1 N–H and O–H groups in total. The van der Waals surface area contributed by atoms with Crippen molar-refractivity contribution >= 4 is 33.3 Å². The number of pyridine rings is 2. The van der Waals surface area contributed by atoms with E-state index in [2.05, 4.69) is 20.4 Å². The molecule has 3 aromatic heterocycles.